The summed E-state index contributed by atoms with van der Waals surface area (Å²) in [4.78, 5) is 12.5. The number of rotatable bonds is 14. The third-order valence-electron chi connectivity index (χ3n) is 5.43. The van der Waals surface area contributed by atoms with Crippen molar-refractivity contribution in [1.82, 2.24) is 0 Å². The molecule has 0 amide bonds. The van der Waals surface area contributed by atoms with E-state index in [2.05, 4.69) is 13.5 Å². The first-order chi connectivity index (χ1) is 16.7. The maximum Gasteiger partial charge on any atom is 0.343 e. The van der Waals surface area contributed by atoms with Gasteiger partial charge in [-0.15, -0.1) is 6.58 Å². The second-order valence-electron chi connectivity index (χ2n) is 8.15. The molecule has 0 bridgehead atoms. The highest BCUT2D eigenvalue weighted by atomic mass is 16.5. The first kappa shape index (κ1) is 25.1. The second kappa shape index (κ2) is 13.9. The lowest BCUT2D eigenvalue weighted by Crippen LogP contribution is -2.08. The topological polar surface area (TPSA) is 44.8 Å². The Morgan fingerprint density at radius 3 is 1.76 bits per heavy atom. The Labute approximate surface area is 203 Å². The molecule has 0 fully saturated rings. The van der Waals surface area contributed by atoms with E-state index in [-0.39, 0.29) is 5.97 Å². The summed E-state index contributed by atoms with van der Waals surface area (Å²) in [6.07, 6.45) is 8.42. The van der Waals surface area contributed by atoms with Crippen molar-refractivity contribution < 1.29 is 19.0 Å². The van der Waals surface area contributed by atoms with E-state index in [4.69, 9.17) is 14.2 Å². The molecule has 178 valence electrons. The quantitative estimate of drug-likeness (QED) is 0.107. The summed E-state index contributed by atoms with van der Waals surface area (Å²) in [5.41, 5.74) is 2.59. The fraction of sp³-hybridized carbons (Fsp3) is 0.300. The largest absolute Gasteiger partial charge is 0.494 e. The highest BCUT2D eigenvalue weighted by Crippen LogP contribution is 2.24. The summed E-state index contributed by atoms with van der Waals surface area (Å²) in [6.45, 7) is 7.30. The number of hydrogen-bond acceptors (Lipinski definition) is 4. The van der Waals surface area contributed by atoms with Gasteiger partial charge in [0.05, 0.1) is 18.8 Å². The van der Waals surface area contributed by atoms with Crippen LogP contribution in [0.15, 0.2) is 85.5 Å². The number of carbonyl (C=O) groups is 1. The fourth-order valence-electron chi connectivity index (χ4n) is 3.44. The molecule has 0 heterocycles. The predicted octanol–water partition coefficient (Wildman–Crippen LogP) is 7.88. The van der Waals surface area contributed by atoms with E-state index in [9.17, 15) is 4.79 Å². The van der Waals surface area contributed by atoms with Crippen LogP contribution in [0.4, 0.5) is 0 Å². The molecular weight excluding hydrogens is 424 g/mol. The van der Waals surface area contributed by atoms with E-state index in [0.717, 1.165) is 61.2 Å². The molecule has 0 aliphatic heterocycles. The molecule has 4 heteroatoms. The van der Waals surface area contributed by atoms with Gasteiger partial charge >= 0.3 is 5.97 Å². The molecule has 0 saturated carbocycles. The Bertz CT molecular complexity index is 1010. The van der Waals surface area contributed by atoms with Gasteiger partial charge in [0.25, 0.3) is 0 Å². The van der Waals surface area contributed by atoms with Crippen LogP contribution in [0.3, 0.4) is 0 Å². The summed E-state index contributed by atoms with van der Waals surface area (Å²) in [6, 6.07) is 22.6. The minimum atomic E-state index is -0.386. The Morgan fingerprint density at radius 1 is 0.706 bits per heavy atom. The van der Waals surface area contributed by atoms with Crippen molar-refractivity contribution in [1.29, 1.82) is 0 Å². The zero-order valence-electron chi connectivity index (χ0n) is 20.0. The average Bonchev–Trinajstić information content (AvgIpc) is 2.88. The molecule has 0 N–H and O–H groups in total. The van der Waals surface area contributed by atoms with Crippen molar-refractivity contribution in [2.75, 3.05) is 13.2 Å². The molecule has 0 unspecified atom stereocenters. The van der Waals surface area contributed by atoms with Gasteiger partial charge in [0.2, 0.25) is 0 Å². The van der Waals surface area contributed by atoms with Crippen LogP contribution in [0.5, 0.6) is 17.2 Å². The molecule has 0 aliphatic carbocycles. The highest BCUT2D eigenvalue weighted by Gasteiger charge is 2.09. The van der Waals surface area contributed by atoms with Gasteiger partial charge in [-0.3, -0.25) is 0 Å². The maximum atomic E-state index is 12.5. The van der Waals surface area contributed by atoms with E-state index in [1.165, 1.54) is 0 Å². The molecular formula is C30H34O4. The molecule has 4 nitrogen and oxygen atoms in total. The second-order valence-corrected chi connectivity index (χ2v) is 8.15. The first-order valence-electron chi connectivity index (χ1n) is 12.1. The van der Waals surface area contributed by atoms with Gasteiger partial charge in [0, 0.05) is 0 Å². The molecule has 0 radical (unpaired) electrons. The SMILES string of the molecule is C=CCCCCOc1ccc(-c2ccc(C(=O)Oc3ccc(OCCCCC)cc3)cc2)cc1. The van der Waals surface area contributed by atoms with Crippen molar-refractivity contribution in [2.24, 2.45) is 0 Å². The smallest absolute Gasteiger partial charge is 0.343 e. The molecule has 0 aromatic heterocycles. The molecule has 3 aromatic rings. The van der Waals surface area contributed by atoms with Crippen LogP contribution in [0.2, 0.25) is 0 Å². The Morgan fingerprint density at radius 2 is 1.21 bits per heavy atom. The third-order valence-corrected chi connectivity index (χ3v) is 5.43. The lowest BCUT2D eigenvalue weighted by molar-refractivity contribution is 0.0734. The molecule has 3 aromatic carbocycles. The zero-order chi connectivity index (χ0) is 24.0. The number of ether oxygens (including phenoxy) is 3. The summed E-state index contributed by atoms with van der Waals surface area (Å²) < 4.78 is 17.0. The predicted molar refractivity (Wildman–Crippen MR) is 138 cm³/mol. The van der Waals surface area contributed by atoms with Gasteiger partial charge in [-0.1, -0.05) is 50.1 Å². The fourth-order valence-corrected chi connectivity index (χ4v) is 3.44. The Balaban J connectivity index is 1.49. The average molecular weight is 459 g/mol. The minimum Gasteiger partial charge on any atom is -0.494 e. The number of unbranched alkanes of at least 4 members (excludes halogenated alkanes) is 4. The normalized spacial score (nSPS) is 10.5. The van der Waals surface area contributed by atoms with Crippen molar-refractivity contribution in [3.8, 4) is 28.4 Å². The van der Waals surface area contributed by atoms with Crippen LogP contribution in [0.1, 0.15) is 55.8 Å². The molecule has 0 atom stereocenters. The summed E-state index contributed by atoms with van der Waals surface area (Å²) in [5.74, 6) is 1.75. The molecule has 0 saturated heterocycles. The van der Waals surface area contributed by atoms with Gasteiger partial charge in [0.15, 0.2) is 0 Å². The first-order valence-corrected chi connectivity index (χ1v) is 12.1. The van der Waals surface area contributed by atoms with Gasteiger partial charge in [0.1, 0.15) is 17.2 Å². The minimum absolute atomic E-state index is 0.386. The van der Waals surface area contributed by atoms with Gasteiger partial charge in [-0.25, -0.2) is 4.79 Å². The third kappa shape index (κ3) is 8.11. The van der Waals surface area contributed by atoms with Crippen molar-refractivity contribution in [2.45, 2.75) is 45.4 Å². The van der Waals surface area contributed by atoms with E-state index in [0.29, 0.717) is 24.5 Å². The Hall–Kier alpha value is -3.53. The number of carbonyl (C=O) groups excluding carboxylic acids is 1. The van der Waals surface area contributed by atoms with E-state index >= 15 is 0 Å². The number of hydrogen-bond donors (Lipinski definition) is 0. The highest BCUT2D eigenvalue weighted by molar-refractivity contribution is 5.91. The summed E-state index contributed by atoms with van der Waals surface area (Å²) >= 11 is 0. The van der Waals surface area contributed by atoms with E-state index in [1.807, 2.05) is 54.6 Å². The molecule has 3 rings (SSSR count). The van der Waals surface area contributed by atoms with Crippen LogP contribution in [-0.4, -0.2) is 19.2 Å². The van der Waals surface area contributed by atoms with Gasteiger partial charge < -0.3 is 14.2 Å². The van der Waals surface area contributed by atoms with Crippen LogP contribution >= 0.6 is 0 Å². The van der Waals surface area contributed by atoms with E-state index < -0.39 is 0 Å². The molecule has 0 spiro atoms. The van der Waals surface area contributed by atoms with E-state index in [1.54, 1.807) is 24.3 Å². The lowest BCUT2D eigenvalue weighted by atomic mass is 10.0. The molecule has 34 heavy (non-hydrogen) atoms. The lowest BCUT2D eigenvalue weighted by Gasteiger charge is -2.09. The van der Waals surface area contributed by atoms with Crippen molar-refractivity contribution in [3.63, 3.8) is 0 Å². The van der Waals surface area contributed by atoms with Crippen LogP contribution in [0, 0.1) is 0 Å². The van der Waals surface area contributed by atoms with Gasteiger partial charge in [-0.2, -0.15) is 0 Å². The van der Waals surface area contributed by atoms with Crippen LogP contribution in [0.25, 0.3) is 11.1 Å². The summed E-state index contributed by atoms with van der Waals surface area (Å²) in [5, 5.41) is 0. The standard InChI is InChI=1S/C30H34O4/c1-3-5-7-9-23-33-27-16-14-25(15-17-27)24-10-12-26(13-11-24)30(31)34-29-20-18-28(19-21-29)32-22-8-6-4-2/h3,10-21H,1,4-9,22-23H2,2H3. The van der Waals surface area contributed by atoms with Crippen LogP contribution in [-0.2, 0) is 0 Å². The number of benzene rings is 3. The monoisotopic (exact) mass is 458 g/mol. The van der Waals surface area contributed by atoms with Gasteiger partial charge in [-0.05, 0) is 85.3 Å². The zero-order valence-corrected chi connectivity index (χ0v) is 20.0. The molecule has 0 aliphatic rings. The Kier molecular flexibility index (Phi) is 10.3. The number of allylic oxidation sites excluding steroid dienone is 1. The van der Waals surface area contributed by atoms with Crippen LogP contribution < -0.4 is 14.2 Å². The van der Waals surface area contributed by atoms with Crippen molar-refractivity contribution >= 4 is 5.97 Å². The maximum absolute atomic E-state index is 12.5. The summed E-state index contributed by atoms with van der Waals surface area (Å²) in [7, 11) is 0. The number of esters is 1. The van der Waals surface area contributed by atoms with Crippen molar-refractivity contribution in [3.05, 3.63) is 91.0 Å².